The van der Waals surface area contributed by atoms with Crippen LogP contribution >= 0.6 is 22.9 Å². The lowest BCUT2D eigenvalue weighted by Crippen LogP contribution is -2.15. The first-order valence-electron chi connectivity index (χ1n) is 9.38. The van der Waals surface area contributed by atoms with Crippen LogP contribution in [0.2, 0.25) is 4.34 Å². The number of Topliss-reactive ketones (excluding diaryl/α,β-unsaturated/α-hetero) is 1. The van der Waals surface area contributed by atoms with E-state index in [9.17, 15) is 22.8 Å². The number of rotatable bonds is 6. The molecule has 0 spiro atoms. The lowest BCUT2D eigenvalue weighted by atomic mass is 10.2. The highest BCUT2D eigenvalue weighted by Gasteiger charge is 2.31. The Morgan fingerprint density at radius 1 is 1.03 bits per heavy atom. The van der Waals surface area contributed by atoms with Gasteiger partial charge in [0.05, 0.1) is 20.5 Å². The van der Waals surface area contributed by atoms with Gasteiger partial charge < -0.3 is 4.74 Å². The van der Waals surface area contributed by atoms with Crippen LogP contribution in [0.25, 0.3) is 17.1 Å². The van der Waals surface area contributed by atoms with Crippen LogP contribution in [0.15, 0.2) is 66.7 Å². The molecule has 0 atom stereocenters. The second-order valence-corrected chi connectivity index (χ2v) is 8.40. The van der Waals surface area contributed by atoms with E-state index in [0.717, 1.165) is 28.2 Å². The van der Waals surface area contributed by atoms with E-state index >= 15 is 0 Å². The Balaban J connectivity index is 1.66. The van der Waals surface area contributed by atoms with E-state index in [-0.39, 0.29) is 11.5 Å². The second kappa shape index (κ2) is 9.16. The summed E-state index contributed by atoms with van der Waals surface area (Å²) in [5.41, 5.74) is -0.302. The molecule has 0 saturated carbocycles. The Hall–Kier alpha value is -3.50. The van der Waals surface area contributed by atoms with Crippen molar-refractivity contribution in [2.75, 3.05) is 6.61 Å². The second-order valence-electron chi connectivity index (χ2n) is 6.69. The third kappa shape index (κ3) is 5.12. The lowest BCUT2D eigenvalue weighted by Gasteiger charge is -2.10. The summed E-state index contributed by atoms with van der Waals surface area (Å²) in [5, 5.41) is 4.07. The predicted molar refractivity (Wildman–Crippen MR) is 116 cm³/mol. The number of hydrogen-bond acceptors (Lipinski definition) is 6. The van der Waals surface area contributed by atoms with Gasteiger partial charge in [0.1, 0.15) is 0 Å². The van der Waals surface area contributed by atoms with Crippen molar-refractivity contribution in [3.8, 4) is 17.1 Å². The van der Waals surface area contributed by atoms with E-state index in [1.54, 1.807) is 36.4 Å². The Morgan fingerprint density at radius 2 is 1.79 bits per heavy atom. The molecule has 0 amide bonds. The summed E-state index contributed by atoms with van der Waals surface area (Å²) >= 11 is 6.85. The van der Waals surface area contributed by atoms with Gasteiger partial charge in [-0.1, -0.05) is 48.0 Å². The Morgan fingerprint density at radius 3 is 2.45 bits per heavy atom. The monoisotopic (exact) mass is 491 g/mol. The zero-order chi connectivity index (χ0) is 23.6. The lowest BCUT2D eigenvalue weighted by molar-refractivity contribution is -0.137. The van der Waals surface area contributed by atoms with Crippen LogP contribution in [0.4, 0.5) is 13.2 Å². The molecule has 2 aromatic heterocycles. The Kier molecular flexibility index (Phi) is 6.30. The van der Waals surface area contributed by atoms with Crippen molar-refractivity contribution in [2.24, 2.45) is 0 Å². The molecule has 0 radical (unpaired) electrons. The minimum absolute atomic E-state index is 0.0551. The van der Waals surface area contributed by atoms with Gasteiger partial charge in [0.15, 0.2) is 12.4 Å². The van der Waals surface area contributed by atoms with Crippen LogP contribution in [-0.2, 0) is 10.9 Å². The molecule has 0 aliphatic heterocycles. The zero-order valence-corrected chi connectivity index (χ0v) is 18.1. The smallest absolute Gasteiger partial charge is 0.416 e. The Bertz CT molecular complexity index is 1320. The molecular formula is C22H13ClF3N3O3S. The van der Waals surface area contributed by atoms with E-state index in [2.05, 4.69) is 10.1 Å². The predicted octanol–water partition coefficient (Wildman–Crippen LogP) is 5.71. The third-order valence-electron chi connectivity index (χ3n) is 4.42. The van der Waals surface area contributed by atoms with Crippen LogP contribution in [-0.4, -0.2) is 33.1 Å². The molecule has 11 heteroatoms. The number of hydrogen-bond donors (Lipinski definition) is 0. The van der Waals surface area contributed by atoms with E-state index < -0.39 is 35.9 Å². The summed E-state index contributed by atoms with van der Waals surface area (Å²) in [6.07, 6.45) is -4.56. The van der Waals surface area contributed by atoms with Gasteiger partial charge in [-0.05, 0) is 30.3 Å². The fraction of sp³-hybridized carbons (Fsp3) is 0.0909. The standard InChI is InChI=1S/C22H13ClF3N3O3S/c23-18-10-9-17(33-18)16(30)12-32-21(31)19-27-20(13-5-2-1-3-6-13)29(28-19)15-8-4-7-14(11-15)22(24,25)26/h1-11H,12H2. The van der Waals surface area contributed by atoms with Gasteiger partial charge in [0.25, 0.3) is 5.82 Å². The van der Waals surface area contributed by atoms with Crippen molar-refractivity contribution < 1.29 is 27.5 Å². The van der Waals surface area contributed by atoms with Crippen molar-refractivity contribution in [3.63, 3.8) is 0 Å². The molecule has 0 fully saturated rings. The molecule has 0 bridgehead atoms. The highest BCUT2D eigenvalue weighted by atomic mass is 35.5. The molecule has 4 aromatic rings. The molecule has 168 valence electrons. The molecule has 0 N–H and O–H groups in total. The zero-order valence-electron chi connectivity index (χ0n) is 16.5. The number of ketones is 1. The van der Waals surface area contributed by atoms with Gasteiger partial charge in [-0.3, -0.25) is 4.79 Å². The summed E-state index contributed by atoms with van der Waals surface area (Å²) in [5.74, 6) is -1.71. The largest absolute Gasteiger partial charge is 0.451 e. The fourth-order valence-corrected chi connectivity index (χ4v) is 3.86. The highest BCUT2D eigenvalue weighted by Crippen LogP contribution is 2.31. The normalized spacial score (nSPS) is 11.4. The van der Waals surface area contributed by atoms with E-state index in [4.69, 9.17) is 16.3 Å². The van der Waals surface area contributed by atoms with Crippen molar-refractivity contribution in [1.29, 1.82) is 0 Å². The number of ether oxygens (including phenoxy) is 1. The van der Waals surface area contributed by atoms with Gasteiger partial charge in [-0.15, -0.1) is 16.4 Å². The molecule has 4 rings (SSSR count). The molecule has 0 unspecified atom stereocenters. The van der Waals surface area contributed by atoms with Crippen LogP contribution in [0.3, 0.4) is 0 Å². The molecule has 6 nitrogen and oxygen atoms in total. The molecule has 0 saturated heterocycles. The van der Waals surface area contributed by atoms with Crippen molar-refractivity contribution in [1.82, 2.24) is 14.8 Å². The number of carbonyl (C=O) groups excluding carboxylic acids is 2. The summed E-state index contributed by atoms with van der Waals surface area (Å²) in [6.45, 7) is -0.561. The first-order chi connectivity index (χ1) is 15.7. The summed E-state index contributed by atoms with van der Waals surface area (Å²) in [4.78, 5) is 29.2. The molecule has 33 heavy (non-hydrogen) atoms. The van der Waals surface area contributed by atoms with E-state index in [0.29, 0.717) is 14.8 Å². The SMILES string of the molecule is O=C(OCC(=O)c1ccc(Cl)s1)c1nc(-c2ccccc2)n(-c2cccc(C(F)(F)F)c2)n1. The fourth-order valence-electron chi connectivity index (χ4n) is 2.90. The van der Waals surface area contributed by atoms with Crippen molar-refractivity contribution >= 4 is 34.7 Å². The topological polar surface area (TPSA) is 74.1 Å². The van der Waals surface area contributed by atoms with Gasteiger partial charge in [0.2, 0.25) is 5.78 Å². The average Bonchev–Trinajstić information content (AvgIpc) is 3.44. The van der Waals surface area contributed by atoms with Crippen LogP contribution in [0, 0.1) is 0 Å². The number of halogens is 4. The quantitative estimate of drug-likeness (QED) is 0.255. The van der Waals surface area contributed by atoms with Crippen LogP contribution in [0.1, 0.15) is 25.9 Å². The maximum absolute atomic E-state index is 13.2. The third-order valence-corrected chi connectivity index (χ3v) is 5.69. The minimum atomic E-state index is -4.56. The Labute approximate surface area is 194 Å². The number of thiophene rings is 1. The first-order valence-corrected chi connectivity index (χ1v) is 10.6. The van der Waals surface area contributed by atoms with Crippen LogP contribution in [0.5, 0.6) is 0 Å². The minimum Gasteiger partial charge on any atom is -0.451 e. The molecule has 0 aliphatic rings. The highest BCUT2D eigenvalue weighted by molar-refractivity contribution is 7.18. The average molecular weight is 492 g/mol. The van der Waals surface area contributed by atoms with E-state index in [1.165, 1.54) is 18.2 Å². The maximum atomic E-state index is 13.2. The van der Waals surface area contributed by atoms with Gasteiger partial charge >= 0.3 is 12.1 Å². The van der Waals surface area contributed by atoms with Crippen LogP contribution < -0.4 is 0 Å². The number of carbonyl (C=O) groups is 2. The van der Waals surface area contributed by atoms with Gasteiger partial charge in [0, 0.05) is 5.56 Å². The van der Waals surface area contributed by atoms with Gasteiger partial charge in [-0.25, -0.2) is 14.5 Å². The number of aromatic nitrogens is 3. The number of nitrogens with zero attached hydrogens (tertiary/aromatic N) is 3. The maximum Gasteiger partial charge on any atom is 0.416 e. The summed E-state index contributed by atoms with van der Waals surface area (Å²) < 4.78 is 46.2. The molecular weight excluding hydrogens is 479 g/mol. The number of benzene rings is 2. The number of esters is 1. The summed E-state index contributed by atoms with van der Waals surface area (Å²) in [6, 6.07) is 16.1. The molecule has 2 heterocycles. The first kappa shape index (κ1) is 22.7. The summed E-state index contributed by atoms with van der Waals surface area (Å²) in [7, 11) is 0. The van der Waals surface area contributed by atoms with Gasteiger partial charge in [-0.2, -0.15) is 13.2 Å². The van der Waals surface area contributed by atoms with Crippen molar-refractivity contribution in [3.05, 3.63) is 87.3 Å². The van der Waals surface area contributed by atoms with Crippen molar-refractivity contribution in [2.45, 2.75) is 6.18 Å². The molecule has 0 aliphatic carbocycles. The molecule has 2 aromatic carbocycles. The number of alkyl halides is 3. The van der Waals surface area contributed by atoms with E-state index in [1.807, 2.05) is 0 Å².